The van der Waals surface area contributed by atoms with Gasteiger partial charge in [0.25, 0.3) is 0 Å². The molecule has 166 valence electrons. The van der Waals surface area contributed by atoms with E-state index in [4.69, 9.17) is 0 Å². The van der Waals surface area contributed by atoms with Gasteiger partial charge in [-0.2, -0.15) is 0 Å². The van der Waals surface area contributed by atoms with Gasteiger partial charge in [-0.25, -0.2) is 9.37 Å². The third-order valence-corrected chi connectivity index (χ3v) is 5.59. The van der Waals surface area contributed by atoms with Crippen LogP contribution in [0.3, 0.4) is 0 Å². The van der Waals surface area contributed by atoms with E-state index in [-0.39, 0.29) is 5.82 Å². The third kappa shape index (κ3) is 5.75. The Morgan fingerprint density at radius 2 is 1.53 bits per heavy atom. The summed E-state index contributed by atoms with van der Waals surface area (Å²) in [5.74, 6) is 1.55. The van der Waals surface area contributed by atoms with Crippen LogP contribution in [0.2, 0.25) is 0 Å². The Morgan fingerprint density at radius 3 is 2.22 bits per heavy atom. The highest BCUT2D eigenvalue weighted by molar-refractivity contribution is 5.79. The van der Waals surface area contributed by atoms with E-state index in [1.54, 1.807) is 7.05 Å². The fourth-order valence-corrected chi connectivity index (χ4v) is 3.78. The van der Waals surface area contributed by atoms with E-state index in [1.165, 1.54) is 17.7 Å². The van der Waals surface area contributed by atoms with Crippen LogP contribution in [0.25, 0.3) is 0 Å². The quantitative estimate of drug-likeness (QED) is 0.462. The fraction of sp³-hybridized carbons (Fsp3) is 0.280. The molecule has 0 radical (unpaired) electrons. The van der Waals surface area contributed by atoms with Crippen molar-refractivity contribution < 1.29 is 4.39 Å². The summed E-state index contributed by atoms with van der Waals surface area (Å²) in [6.45, 7) is 4.90. The van der Waals surface area contributed by atoms with E-state index >= 15 is 0 Å². The zero-order valence-electron chi connectivity index (χ0n) is 18.3. The molecule has 0 amide bonds. The Balaban J connectivity index is 1.29. The van der Waals surface area contributed by atoms with Crippen molar-refractivity contribution in [3.05, 3.63) is 89.9 Å². The maximum atomic E-state index is 13.2. The molecular formula is C25H29FN6. The molecule has 3 aromatic rings. The summed E-state index contributed by atoms with van der Waals surface area (Å²) in [4.78, 5) is 13.5. The first kappa shape index (κ1) is 21.6. The summed E-state index contributed by atoms with van der Waals surface area (Å²) in [7, 11) is 1.78. The number of aliphatic imine (C=N–C) groups is 1. The van der Waals surface area contributed by atoms with Crippen molar-refractivity contribution in [1.29, 1.82) is 0 Å². The SMILES string of the molecule is CN=C(NCc1ccccc1)NCc1ccnc(N2CCN(c3ccc(F)cc3)CC2)c1. The molecule has 1 fully saturated rings. The molecule has 0 bridgehead atoms. The van der Waals surface area contributed by atoms with Crippen LogP contribution < -0.4 is 20.4 Å². The fourth-order valence-electron chi connectivity index (χ4n) is 3.78. The highest BCUT2D eigenvalue weighted by Crippen LogP contribution is 2.20. The standard InChI is InChI=1S/C25H29FN6/c1-27-25(29-18-20-5-3-2-4-6-20)30-19-21-11-12-28-24(17-21)32-15-13-31(14-16-32)23-9-7-22(26)8-10-23/h2-12,17H,13-16,18-19H2,1H3,(H2,27,29,30). The molecule has 0 saturated carbocycles. The summed E-state index contributed by atoms with van der Waals surface area (Å²) < 4.78 is 13.2. The molecule has 1 aliphatic heterocycles. The topological polar surface area (TPSA) is 55.8 Å². The number of benzene rings is 2. The average molecular weight is 433 g/mol. The van der Waals surface area contributed by atoms with Gasteiger partial charge in [0, 0.05) is 58.2 Å². The molecular weight excluding hydrogens is 403 g/mol. The van der Waals surface area contributed by atoms with Crippen LogP contribution in [-0.2, 0) is 13.1 Å². The lowest BCUT2D eigenvalue weighted by atomic mass is 10.2. The van der Waals surface area contributed by atoms with Crippen molar-refractivity contribution in [2.75, 3.05) is 43.0 Å². The van der Waals surface area contributed by atoms with Gasteiger partial charge in [0.05, 0.1) is 0 Å². The van der Waals surface area contributed by atoms with E-state index in [1.807, 2.05) is 42.6 Å². The van der Waals surface area contributed by atoms with Crippen molar-refractivity contribution in [3.63, 3.8) is 0 Å². The zero-order valence-corrected chi connectivity index (χ0v) is 18.3. The number of anilines is 2. The van der Waals surface area contributed by atoms with Crippen LogP contribution in [0.4, 0.5) is 15.9 Å². The second-order valence-corrected chi connectivity index (χ2v) is 7.74. The van der Waals surface area contributed by atoms with Gasteiger partial charge in [-0.3, -0.25) is 4.99 Å². The van der Waals surface area contributed by atoms with E-state index in [2.05, 4.69) is 48.6 Å². The first-order valence-corrected chi connectivity index (χ1v) is 10.9. The molecule has 7 heteroatoms. The van der Waals surface area contributed by atoms with Crippen LogP contribution in [0.15, 0.2) is 77.9 Å². The lowest BCUT2D eigenvalue weighted by Gasteiger charge is -2.36. The van der Waals surface area contributed by atoms with Gasteiger partial charge in [0.1, 0.15) is 11.6 Å². The predicted octanol–water partition coefficient (Wildman–Crippen LogP) is 3.41. The normalized spacial score (nSPS) is 14.4. The molecule has 2 aromatic carbocycles. The van der Waals surface area contributed by atoms with E-state index in [0.717, 1.165) is 55.8 Å². The number of halogens is 1. The predicted molar refractivity (Wildman–Crippen MR) is 129 cm³/mol. The van der Waals surface area contributed by atoms with E-state index < -0.39 is 0 Å². The van der Waals surface area contributed by atoms with Crippen LogP contribution in [0.1, 0.15) is 11.1 Å². The molecule has 2 N–H and O–H groups in total. The second-order valence-electron chi connectivity index (χ2n) is 7.74. The highest BCUT2D eigenvalue weighted by atomic mass is 19.1. The monoisotopic (exact) mass is 432 g/mol. The summed E-state index contributed by atoms with van der Waals surface area (Å²) in [5.41, 5.74) is 3.42. The molecule has 0 unspecified atom stereocenters. The lowest BCUT2D eigenvalue weighted by molar-refractivity contribution is 0.624. The average Bonchev–Trinajstić information content (AvgIpc) is 2.85. The van der Waals surface area contributed by atoms with Gasteiger partial charge in [0.15, 0.2) is 5.96 Å². The molecule has 0 atom stereocenters. The molecule has 6 nitrogen and oxygen atoms in total. The number of nitrogens with one attached hydrogen (secondary N) is 2. The van der Waals surface area contributed by atoms with Crippen molar-refractivity contribution in [2.24, 2.45) is 4.99 Å². The number of hydrogen-bond donors (Lipinski definition) is 2. The number of pyridine rings is 1. The summed E-state index contributed by atoms with van der Waals surface area (Å²) in [6, 6.07) is 21.1. The maximum absolute atomic E-state index is 13.2. The minimum Gasteiger partial charge on any atom is -0.368 e. The summed E-state index contributed by atoms with van der Waals surface area (Å²) >= 11 is 0. The second kappa shape index (κ2) is 10.6. The lowest BCUT2D eigenvalue weighted by Crippen LogP contribution is -2.46. The van der Waals surface area contributed by atoms with Gasteiger partial charge >= 0.3 is 0 Å². The van der Waals surface area contributed by atoms with Crippen LogP contribution in [0.5, 0.6) is 0 Å². The third-order valence-electron chi connectivity index (χ3n) is 5.59. The number of guanidine groups is 1. The molecule has 1 aromatic heterocycles. The van der Waals surface area contributed by atoms with Gasteiger partial charge < -0.3 is 20.4 Å². The van der Waals surface area contributed by atoms with Crippen LogP contribution in [0, 0.1) is 5.82 Å². The molecule has 0 spiro atoms. The van der Waals surface area contributed by atoms with Gasteiger partial charge in [-0.1, -0.05) is 30.3 Å². The van der Waals surface area contributed by atoms with Crippen molar-refractivity contribution in [2.45, 2.75) is 13.1 Å². The minimum atomic E-state index is -0.200. The maximum Gasteiger partial charge on any atom is 0.191 e. The van der Waals surface area contributed by atoms with Gasteiger partial charge in [-0.15, -0.1) is 0 Å². The Kier molecular flexibility index (Phi) is 7.17. The summed E-state index contributed by atoms with van der Waals surface area (Å²) in [6.07, 6.45) is 1.86. The van der Waals surface area contributed by atoms with Crippen molar-refractivity contribution in [1.82, 2.24) is 15.6 Å². The first-order chi connectivity index (χ1) is 15.7. The Morgan fingerprint density at radius 1 is 0.875 bits per heavy atom. The zero-order chi connectivity index (χ0) is 22.2. The number of nitrogens with zero attached hydrogens (tertiary/aromatic N) is 4. The molecule has 1 aliphatic rings. The Hall–Kier alpha value is -3.61. The van der Waals surface area contributed by atoms with Gasteiger partial charge in [-0.05, 0) is 47.5 Å². The first-order valence-electron chi connectivity index (χ1n) is 10.9. The Labute approximate surface area is 188 Å². The molecule has 1 saturated heterocycles. The van der Waals surface area contributed by atoms with Crippen molar-refractivity contribution in [3.8, 4) is 0 Å². The smallest absolute Gasteiger partial charge is 0.191 e. The highest BCUT2D eigenvalue weighted by Gasteiger charge is 2.18. The van der Waals surface area contributed by atoms with E-state index in [9.17, 15) is 4.39 Å². The molecule has 4 rings (SSSR count). The molecule has 2 heterocycles. The van der Waals surface area contributed by atoms with Crippen LogP contribution in [-0.4, -0.2) is 44.2 Å². The summed E-state index contributed by atoms with van der Waals surface area (Å²) in [5, 5.41) is 6.71. The minimum absolute atomic E-state index is 0.200. The van der Waals surface area contributed by atoms with Crippen molar-refractivity contribution >= 4 is 17.5 Å². The number of aromatic nitrogens is 1. The number of rotatable bonds is 6. The number of hydrogen-bond acceptors (Lipinski definition) is 4. The Bertz CT molecular complexity index is 1010. The van der Waals surface area contributed by atoms with Gasteiger partial charge in [0.2, 0.25) is 0 Å². The van der Waals surface area contributed by atoms with E-state index in [0.29, 0.717) is 6.54 Å². The molecule has 32 heavy (non-hydrogen) atoms. The van der Waals surface area contributed by atoms with Crippen LogP contribution >= 0.6 is 0 Å². The molecule has 0 aliphatic carbocycles. The largest absolute Gasteiger partial charge is 0.368 e. The number of piperazine rings is 1.